The van der Waals surface area contributed by atoms with Crippen molar-refractivity contribution in [2.45, 2.75) is 37.5 Å². The first-order valence-corrected chi connectivity index (χ1v) is 11.6. The lowest BCUT2D eigenvalue weighted by atomic mass is 10.1. The highest BCUT2D eigenvalue weighted by atomic mass is 35.5. The number of anilines is 1. The third-order valence-corrected chi connectivity index (χ3v) is 6.02. The Hall–Kier alpha value is -2.11. The zero-order valence-electron chi connectivity index (χ0n) is 16.1. The maximum atomic E-state index is 11.1. The number of halogens is 1. The van der Waals surface area contributed by atoms with Crippen LogP contribution in [0.2, 0.25) is 5.28 Å². The number of fused-ring (bicyclic) bond motifs is 1. The molecule has 0 bridgehead atoms. The molecule has 2 aromatic heterocycles. The Balaban J connectivity index is 1.58. The summed E-state index contributed by atoms with van der Waals surface area (Å²) in [6, 6.07) is 9.66. The number of nitrogens with one attached hydrogen (secondary N) is 1. The Morgan fingerprint density at radius 1 is 1.16 bits per heavy atom. The molecule has 3 heterocycles. The summed E-state index contributed by atoms with van der Waals surface area (Å²) in [5, 5.41) is 23.9. The first kappa shape index (κ1) is 22.1. The van der Waals surface area contributed by atoms with Crippen molar-refractivity contribution in [3.05, 3.63) is 47.5 Å². The largest absolute Gasteiger partial charge is 0.388 e. The summed E-state index contributed by atoms with van der Waals surface area (Å²) in [6.45, 7) is 0.474. The van der Waals surface area contributed by atoms with Gasteiger partial charge in [-0.05, 0) is 23.6 Å². The molecular weight excluding hydrogens is 449 g/mol. The van der Waals surface area contributed by atoms with E-state index in [4.69, 9.17) is 26.1 Å². The second-order valence-electron chi connectivity index (χ2n) is 7.23. The quantitative estimate of drug-likeness (QED) is 0.251. The van der Waals surface area contributed by atoms with E-state index in [1.165, 1.54) is 10.9 Å². The Morgan fingerprint density at radius 2 is 1.90 bits per heavy atom. The molecule has 1 aliphatic heterocycles. The molecular formula is C18H21ClN5O6P. The van der Waals surface area contributed by atoms with E-state index in [0.29, 0.717) is 17.9 Å². The number of aliphatic hydroxyl groups is 2. The van der Waals surface area contributed by atoms with Crippen LogP contribution in [0, 0.1) is 0 Å². The number of benzene rings is 1. The van der Waals surface area contributed by atoms with Gasteiger partial charge in [0.15, 0.2) is 23.2 Å². The van der Waals surface area contributed by atoms with E-state index in [9.17, 15) is 14.8 Å². The highest BCUT2D eigenvalue weighted by Gasteiger charge is 2.44. The van der Waals surface area contributed by atoms with Crippen LogP contribution < -0.4 is 5.32 Å². The van der Waals surface area contributed by atoms with Crippen molar-refractivity contribution in [2.75, 3.05) is 11.5 Å². The van der Waals surface area contributed by atoms with E-state index < -0.39 is 38.3 Å². The molecule has 1 saturated heterocycles. The van der Waals surface area contributed by atoms with Gasteiger partial charge in [-0.15, -0.1) is 0 Å². The molecule has 0 spiro atoms. The number of hydrogen-bond donors (Lipinski definition) is 5. The van der Waals surface area contributed by atoms with Gasteiger partial charge >= 0.3 is 7.60 Å². The molecule has 0 radical (unpaired) electrons. The van der Waals surface area contributed by atoms with Crippen molar-refractivity contribution in [2.24, 2.45) is 0 Å². The van der Waals surface area contributed by atoms with Gasteiger partial charge in [-0.3, -0.25) is 9.13 Å². The maximum absolute atomic E-state index is 11.1. The van der Waals surface area contributed by atoms with E-state index in [0.717, 1.165) is 5.56 Å². The first-order chi connectivity index (χ1) is 14.7. The molecule has 3 aromatic rings. The van der Waals surface area contributed by atoms with E-state index in [2.05, 4.69) is 20.3 Å². The molecule has 4 atom stereocenters. The molecule has 5 N–H and O–H groups in total. The summed E-state index contributed by atoms with van der Waals surface area (Å²) in [4.78, 5) is 30.8. The summed E-state index contributed by atoms with van der Waals surface area (Å²) in [5.41, 5.74) is 1.70. The fourth-order valence-corrected chi connectivity index (χ4v) is 4.23. The lowest BCUT2D eigenvalue weighted by Gasteiger charge is -2.17. The topological polar surface area (TPSA) is 163 Å². The number of nitrogens with zero attached hydrogens (tertiary/aromatic N) is 4. The average Bonchev–Trinajstić information content (AvgIpc) is 3.26. The molecule has 1 fully saturated rings. The van der Waals surface area contributed by atoms with Crippen molar-refractivity contribution in [1.82, 2.24) is 19.5 Å². The highest BCUT2D eigenvalue weighted by molar-refractivity contribution is 7.51. The van der Waals surface area contributed by atoms with Crippen LogP contribution in [0.4, 0.5) is 5.82 Å². The van der Waals surface area contributed by atoms with E-state index in [1.54, 1.807) is 0 Å². The van der Waals surface area contributed by atoms with Gasteiger partial charge in [-0.25, -0.2) is 4.98 Å². The zero-order valence-corrected chi connectivity index (χ0v) is 17.8. The van der Waals surface area contributed by atoms with Gasteiger partial charge in [0.25, 0.3) is 0 Å². The van der Waals surface area contributed by atoms with Crippen LogP contribution in [0.1, 0.15) is 18.2 Å². The van der Waals surface area contributed by atoms with E-state index >= 15 is 0 Å². The van der Waals surface area contributed by atoms with Crippen molar-refractivity contribution < 1.29 is 29.3 Å². The summed E-state index contributed by atoms with van der Waals surface area (Å²) >= 11 is 6.09. The molecule has 0 amide bonds. The third kappa shape index (κ3) is 4.88. The summed E-state index contributed by atoms with van der Waals surface area (Å²) < 4.78 is 18.3. The zero-order chi connectivity index (χ0) is 22.2. The van der Waals surface area contributed by atoms with Crippen molar-refractivity contribution in [3.8, 4) is 0 Å². The first-order valence-electron chi connectivity index (χ1n) is 9.47. The lowest BCUT2D eigenvalue weighted by Crippen LogP contribution is -2.31. The number of aromatic nitrogens is 4. The summed E-state index contributed by atoms with van der Waals surface area (Å²) in [7, 11) is -4.27. The molecule has 0 saturated carbocycles. The average molecular weight is 470 g/mol. The monoisotopic (exact) mass is 469 g/mol. The number of aliphatic hydroxyl groups excluding tert-OH is 2. The van der Waals surface area contributed by atoms with Crippen LogP contribution in [0.15, 0.2) is 36.7 Å². The minimum absolute atomic E-state index is 0.0455. The predicted octanol–water partition coefficient (Wildman–Crippen LogP) is 1.28. The summed E-state index contributed by atoms with van der Waals surface area (Å²) in [6.07, 6.45) is -3.91. The van der Waals surface area contributed by atoms with Gasteiger partial charge in [0, 0.05) is 6.54 Å². The van der Waals surface area contributed by atoms with Gasteiger partial charge in [0.2, 0.25) is 5.28 Å². The van der Waals surface area contributed by atoms with Crippen LogP contribution in [-0.2, 0) is 15.8 Å². The summed E-state index contributed by atoms with van der Waals surface area (Å²) in [5.74, 6) is 0.392. The van der Waals surface area contributed by atoms with Gasteiger partial charge in [0.05, 0.1) is 18.6 Å². The molecule has 1 aromatic carbocycles. The molecule has 13 heteroatoms. The minimum atomic E-state index is -4.27. The number of ether oxygens (including phenoxy) is 1. The van der Waals surface area contributed by atoms with Crippen LogP contribution in [0.3, 0.4) is 0 Å². The maximum Gasteiger partial charge on any atom is 0.325 e. The Bertz CT molecular complexity index is 1110. The normalized spacial score (nSPS) is 24.0. The molecule has 11 nitrogen and oxygen atoms in total. The Kier molecular flexibility index (Phi) is 6.27. The van der Waals surface area contributed by atoms with Crippen LogP contribution in [0.25, 0.3) is 11.2 Å². The molecule has 31 heavy (non-hydrogen) atoms. The van der Waals surface area contributed by atoms with Gasteiger partial charge in [-0.1, -0.05) is 30.3 Å². The van der Waals surface area contributed by atoms with Gasteiger partial charge in [0.1, 0.15) is 12.2 Å². The number of hydrogen-bond acceptors (Lipinski definition) is 8. The molecule has 4 rings (SSSR count). The van der Waals surface area contributed by atoms with Gasteiger partial charge in [-0.2, -0.15) is 9.97 Å². The Labute approximate surface area is 181 Å². The predicted molar refractivity (Wildman–Crippen MR) is 112 cm³/mol. The lowest BCUT2D eigenvalue weighted by molar-refractivity contribution is -0.0355. The minimum Gasteiger partial charge on any atom is -0.388 e. The van der Waals surface area contributed by atoms with E-state index in [-0.39, 0.29) is 17.4 Å². The third-order valence-electron chi connectivity index (χ3n) is 5.01. The number of imidazole rings is 1. The van der Waals surface area contributed by atoms with Gasteiger partial charge < -0.3 is 30.1 Å². The molecule has 1 unspecified atom stereocenters. The Morgan fingerprint density at radius 3 is 2.61 bits per heavy atom. The van der Waals surface area contributed by atoms with Crippen molar-refractivity contribution >= 4 is 36.2 Å². The highest BCUT2D eigenvalue weighted by Crippen LogP contribution is 2.39. The number of rotatable bonds is 7. The van der Waals surface area contributed by atoms with Crippen LogP contribution in [0.5, 0.6) is 0 Å². The van der Waals surface area contributed by atoms with E-state index in [1.807, 2.05) is 30.3 Å². The van der Waals surface area contributed by atoms with Crippen molar-refractivity contribution in [1.29, 1.82) is 0 Å². The smallest absolute Gasteiger partial charge is 0.325 e. The van der Waals surface area contributed by atoms with Crippen LogP contribution >= 0.6 is 19.2 Å². The fourth-order valence-electron chi connectivity index (χ4n) is 3.47. The second kappa shape index (κ2) is 8.79. The molecule has 166 valence electrons. The van der Waals surface area contributed by atoms with Crippen LogP contribution in [-0.4, -0.2) is 64.0 Å². The molecule has 1 aliphatic rings. The second-order valence-corrected chi connectivity index (χ2v) is 9.34. The SMILES string of the molecule is O=P(O)(O)CC[C@H]1O[C@@H](n2cnc3c(NCc4ccccc4)nc(Cl)nc32)[C@@H](O)C1O. The standard InChI is InChI=1S/C18H21ClN5O6P/c19-18-22-15(20-8-10-4-2-1-3-5-10)12-16(23-18)24(9-21-12)17-14(26)13(25)11(30-17)6-7-31(27,28)29/h1-5,9,11,13-14,17,25-26H,6-8H2,(H,20,22,23)(H2,27,28,29)/t11-,13?,14+,17-/m1/s1. The van der Waals surface area contributed by atoms with Crippen molar-refractivity contribution in [3.63, 3.8) is 0 Å². The fraction of sp³-hybridized carbons (Fsp3) is 0.389. The molecule has 0 aliphatic carbocycles.